The van der Waals surface area contributed by atoms with Gasteiger partial charge in [0.25, 0.3) is 0 Å². The molecule has 1 atom stereocenters. The molecular formula is C8H15N3O2. The van der Waals surface area contributed by atoms with Crippen LogP contribution in [0.25, 0.3) is 0 Å². The lowest BCUT2D eigenvalue weighted by Crippen LogP contribution is -2.39. The Morgan fingerprint density at radius 1 is 1.62 bits per heavy atom. The Hall–Kier alpha value is -1.10. The number of nitrogens with one attached hydrogen (secondary N) is 1. The van der Waals surface area contributed by atoms with E-state index in [1.165, 1.54) is 6.92 Å². The zero-order valence-electron chi connectivity index (χ0n) is 7.75. The molecule has 1 heterocycles. The molecular weight excluding hydrogens is 170 g/mol. The van der Waals surface area contributed by atoms with Crippen molar-refractivity contribution in [1.82, 2.24) is 10.2 Å². The van der Waals surface area contributed by atoms with Gasteiger partial charge in [-0.3, -0.25) is 9.59 Å². The van der Waals surface area contributed by atoms with Crippen LogP contribution < -0.4 is 11.1 Å². The highest BCUT2D eigenvalue weighted by atomic mass is 16.2. The Kier molecular flexibility index (Phi) is 3.25. The van der Waals surface area contributed by atoms with E-state index in [0.717, 1.165) is 6.42 Å². The molecule has 0 aliphatic carbocycles. The van der Waals surface area contributed by atoms with Crippen molar-refractivity contribution in [1.29, 1.82) is 0 Å². The third kappa shape index (κ3) is 3.02. The predicted molar refractivity (Wildman–Crippen MR) is 47.9 cm³/mol. The van der Waals surface area contributed by atoms with Crippen LogP contribution in [-0.4, -0.2) is 42.4 Å². The third-order valence-electron chi connectivity index (χ3n) is 2.07. The van der Waals surface area contributed by atoms with E-state index in [9.17, 15) is 9.59 Å². The molecule has 0 aromatic rings. The molecule has 0 aromatic heterocycles. The van der Waals surface area contributed by atoms with Crippen LogP contribution in [0.15, 0.2) is 0 Å². The zero-order chi connectivity index (χ0) is 9.84. The topological polar surface area (TPSA) is 75.4 Å². The van der Waals surface area contributed by atoms with E-state index >= 15 is 0 Å². The smallest absolute Gasteiger partial charge is 0.242 e. The lowest BCUT2D eigenvalue weighted by Gasteiger charge is -2.15. The molecule has 0 spiro atoms. The Morgan fingerprint density at radius 3 is 2.77 bits per heavy atom. The molecule has 1 rings (SSSR count). The average Bonchev–Trinajstić information content (AvgIpc) is 2.47. The van der Waals surface area contributed by atoms with Crippen molar-refractivity contribution in [3.63, 3.8) is 0 Å². The maximum Gasteiger partial charge on any atom is 0.242 e. The Balaban J connectivity index is 2.27. The van der Waals surface area contributed by atoms with Crippen molar-refractivity contribution in [2.24, 2.45) is 5.73 Å². The Bertz CT molecular complexity index is 217. The third-order valence-corrected chi connectivity index (χ3v) is 2.07. The fourth-order valence-corrected chi connectivity index (χ4v) is 1.33. The van der Waals surface area contributed by atoms with Gasteiger partial charge in [-0.05, 0) is 6.42 Å². The molecule has 5 heteroatoms. The van der Waals surface area contributed by atoms with Gasteiger partial charge in [-0.1, -0.05) is 0 Å². The summed E-state index contributed by atoms with van der Waals surface area (Å²) in [6, 6.07) is 0.0984. The van der Waals surface area contributed by atoms with Crippen LogP contribution in [0.2, 0.25) is 0 Å². The zero-order valence-corrected chi connectivity index (χ0v) is 7.75. The largest absolute Gasteiger partial charge is 0.347 e. The van der Waals surface area contributed by atoms with E-state index < -0.39 is 0 Å². The van der Waals surface area contributed by atoms with E-state index in [-0.39, 0.29) is 24.4 Å². The highest BCUT2D eigenvalue weighted by Crippen LogP contribution is 2.06. The minimum atomic E-state index is -0.183. The summed E-state index contributed by atoms with van der Waals surface area (Å²) in [5.74, 6) is -0.236. The lowest BCUT2D eigenvalue weighted by molar-refractivity contribution is -0.131. The van der Waals surface area contributed by atoms with Gasteiger partial charge in [-0.15, -0.1) is 0 Å². The molecule has 1 aliphatic heterocycles. The second kappa shape index (κ2) is 4.23. The number of rotatable bonds is 2. The molecule has 0 aromatic carbocycles. The first-order chi connectivity index (χ1) is 6.09. The molecule has 13 heavy (non-hydrogen) atoms. The second-order valence-electron chi connectivity index (χ2n) is 3.30. The van der Waals surface area contributed by atoms with Gasteiger partial charge >= 0.3 is 0 Å². The van der Waals surface area contributed by atoms with Crippen LogP contribution in [0, 0.1) is 0 Å². The first kappa shape index (κ1) is 9.98. The molecule has 1 unspecified atom stereocenters. The van der Waals surface area contributed by atoms with Crippen molar-refractivity contribution < 1.29 is 9.59 Å². The number of carbonyl (C=O) groups excluding carboxylic acids is 2. The molecule has 5 nitrogen and oxygen atoms in total. The minimum Gasteiger partial charge on any atom is -0.347 e. The normalized spacial score (nSPS) is 21.7. The van der Waals surface area contributed by atoms with Gasteiger partial charge in [0.05, 0.1) is 6.54 Å². The quantitative estimate of drug-likeness (QED) is 0.560. The van der Waals surface area contributed by atoms with Gasteiger partial charge in [0.1, 0.15) is 0 Å². The molecule has 2 amide bonds. The van der Waals surface area contributed by atoms with Crippen molar-refractivity contribution in [3.05, 3.63) is 0 Å². The molecule has 1 fully saturated rings. The van der Waals surface area contributed by atoms with Crippen molar-refractivity contribution in [3.8, 4) is 0 Å². The Morgan fingerprint density at radius 2 is 2.31 bits per heavy atom. The summed E-state index contributed by atoms with van der Waals surface area (Å²) in [5.41, 5.74) is 5.64. The second-order valence-corrected chi connectivity index (χ2v) is 3.30. The summed E-state index contributed by atoms with van der Waals surface area (Å²) in [5, 5.41) is 2.47. The average molecular weight is 185 g/mol. The van der Waals surface area contributed by atoms with Crippen LogP contribution >= 0.6 is 0 Å². The van der Waals surface area contributed by atoms with Crippen LogP contribution in [-0.2, 0) is 9.59 Å². The maximum atomic E-state index is 11.4. The molecule has 0 saturated carbocycles. The number of hydrogen-bond acceptors (Lipinski definition) is 3. The summed E-state index contributed by atoms with van der Waals surface area (Å²) in [6.45, 7) is 2.79. The van der Waals surface area contributed by atoms with Gasteiger partial charge in [0.2, 0.25) is 11.8 Å². The van der Waals surface area contributed by atoms with Gasteiger partial charge in [-0.2, -0.15) is 0 Å². The number of carbonyl (C=O) groups is 2. The van der Waals surface area contributed by atoms with E-state index in [4.69, 9.17) is 5.73 Å². The predicted octanol–water partition coefficient (Wildman–Crippen LogP) is -1.32. The Labute approximate surface area is 77.3 Å². The van der Waals surface area contributed by atoms with Gasteiger partial charge in [0, 0.05) is 26.1 Å². The number of amides is 2. The monoisotopic (exact) mass is 185 g/mol. The molecule has 74 valence electrons. The summed E-state index contributed by atoms with van der Waals surface area (Å²) >= 11 is 0. The SMILES string of the molecule is CC(=O)NCC(=O)N1CCC(N)C1. The van der Waals surface area contributed by atoms with Gasteiger partial charge < -0.3 is 16.0 Å². The van der Waals surface area contributed by atoms with Crippen molar-refractivity contribution >= 4 is 11.8 Å². The van der Waals surface area contributed by atoms with Crippen LogP contribution in [0.5, 0.6) is 0 Å². The number of likely N-dealkylation sites (tertiary alicyclic amines) is 1. The summed E-state index contributed by atoms with van der Waals surface area (Å²) in [6.07, 6.45) is 0.853. The molecule has 0 bridgehead atoms. The summed E-state index contributed by atoms with van der Waals surface area (Å²) in [7, 11) is 0. The highest BCUT2D eigenvalue weighted by Gasteiger charge is 2.22. The number of nitrogens with two attached hydrogens (primary N) is 1. The first-order valence-electron chi connectivity index (χ1n) is 4.37. The van der Waals surface area contributed by atoms with Gasteiger partial charge in [-0.25, -0.2) is 0 Å². The van der Waals surface area contributed by atoms with Crippen LogP contribution in [0.4, 0.5) is 0 Å². The first-order valence-corrected chi connectivity index (χ1v) is 4.37. The fraction of sp³-hybridized carbons (Fsp3) is 0.750. The van der Waals surface area contributed by atoms with Crippen molar-refractivity contribution in [2.75, 3.05) is 19.6 Å². The number of nitrogens with zero attached hydrogens (tertiary/aromatic N) is 1. The molecule has 1 aliphatic rings. The van der Waals surface area contributed by atoms with E-state index in [1.54, 1.807) is 4.90 Å². The maximum absolute atomic E-state index is 11.4. The van der Waals surface area contributed by atoms with E-state index in [2.05, 4.69) is 5.32 Å². The minimum absolute atomic E-state index is 0.0526. The van der Waals surface area contributed by atoms with Crippen LogP contribution in [0.1, 0.15) is 13.3 Å². The standard InChI is InChI=1S/C8H15N3O2/c1-6(12)10-4-8(13)11-3-2-7(9)5-11/h7H,2-5,9H2,1H3,(H,10,12). The summed E-state index contributed by atoms with van der Waals surface area (Å²) in [4.78, 5) is 23.6. The van der Waals surface area contributed by atoms with E-state index in [0.29, 0.717) is 13.1 Å². The van der Waals surface area contributed by atoms with Crippen molar-refractivity contribution in [2.45, 2.75) is 19.4 Å². The number of hydrogen-bond donors (Lipinski definition) is 2. The van der Waals surface area contributed by atoms with E-state index in [1.807, 2.05) is 0 Å². The fourth-order valence-electron chi connectivity index (χ4n) is 1.33. The van der Waals surface area contributed by atoms with Crippen LogP contribution in [0.3, 0.4) is 0 Å². The highest BCUT2D eigenvalue weighted by molar-refractivity contribution is 5.83. The van der Waals surface area contributed by atoms with Gasteiger partial charge in [0.15, 0.2) is 0 Å². The molecule has 3 N–H and O–H groups in total. The molecule has 0 radical (unpaired) electrons. The lowest BCUT2D eigenvalue weighted by atomic mass is 10.3. The molecule has 1 saturated heterocycles. The summed E-state index contributed by atoms with van der Waals surface area (Å²) < 4.78 is 0.